The van der Waals surface area contributed by atoms with E-state index in [1.54, 1.807) is 0 Å². The fourth-order valence-corrected chi connectivity index (χ4v) is 8.95. The van der Waals surface area contributed by atoms with Crippen molar-refractivity contribution in [2.24, 2.45) is 0 Å². The molecule has 0 spiro atoms. The molecule has 0 aliphatic carbocycles. The standard InChI is InChI=1S/C50H33NS/c1-2-12-36(13-3-1)47-33-39(32-38-15-5-7-18-44(38)47)34-24-28-40(29-25-34)51(48-22-11-21-46-45-19-8-9-23-49(45)52-50(46)48)41-30-26-37(27-31-41)43-20-10-16-35-14-4-6-17-42(35)43/h1-33H. The molecule has 0 aliphatic rings. The molecule has 0 unspecified atom stereocenters. The number of anilines is 3. The average molecular weight is 680 g/mol. The van der Waals surface area contributed by atoms with E-state index in [4.69, 9.17) is 0 Å². The monoisotopic (exact) mass is 679 g/mol. The van der Waals surface area contributed by atoms with Gasteiger partial charge >= 0.3 is 0 Å². The van der Waals surface area contributed by atoms with Gasteiger partial charge in [-0.05, 0) is 103 Å². The van der Waals surface area contributed by atoms with Crippen LogP contribution in [0.2, 0.25) is 0 Å². The highest BCUT2D eigenvalue weighted by Gasteiger charge is 2.19. The summed E-state index contributed by atoms with van der Waals surface area (Å²) in [5.74, 6) is 0. The maximum Gasteiger partial charge on any atom is 0.0640 e. The van der Waals surface area contributed by atoms with Crippen LogP contribution in [0.3, 0.4) is 0 Å². The van der Waals surface area contributed by atoms with Crippen LogP contribution in [0.15, 0.2) is 200 Å². The fourth-order valence-electron chi connectivity index (χ4n) is 7.74. The molecule has 52 heavy (non-hydrogen) atoms. The molecule has 0 aliphatic heterocycles. The van der Waals surface area contributed by atoms with Crippen molar-refractivity contribution in [2.75, 3.05) is 4.90 Å². The second-order valence-electron chi connectivity index (χ2n) is 13.3. The predicted octanol–water partition coefficient (Wildman–Crippen LogP) is 14.8. The Morgan fingerprint density at radius 1 is 0.327 bits per heavy atom. The molecule has 244 valence electrons. The zero-order valence-electron chi connectivity index (χ0n) is 28.4. The van der Waals surface area contributed by atoms with Gasteiger partial charge in [0, 0.05) is 26.8 Å². The van der Waals surface area contributed by atoms with Gasteiger partial charge in [-0.3, -0.25) is 0 Å². The van der Waals surface area contributed by atoms with Crippen molar-refractivity contribution in [1.29, 1.82) is 0 Å². The largest absolute Gasteiger partial charge is 0.309 e. The second kappa shape index (κ2) is 12.7. The lowest BCUT2D eigenvalue weighted by Crippen LogP contribution is -2.10. The van der Waals surface area contributed by atoms with E-state index in [0.29, 0.717) is 0 Å². The molecule has 1 aromatic heterocycles. The van der Waals surface area contributed by atoms with Gasteiger partial charge < -0.3 is 4.90 Å². The van der Waals surface area contributed by atoms with E-state index < -0.39 is 0 Å². The van der Waals surface area contributed by atoms with Gasteiger partial charge in [-0.15, -0.1) is 11.3 Å². The summed E-state index contributed by atoms with van der Waals surface area (Å²) >= 11 is 1.87. The molecule has 1 heterocycles. The van der Waals surface area contributed by atoms with Crippen LogP contribution in [0.5, 0.6) is 0 Å². The molecule has 0 N–H and O–H groups in total. The van der Waals surface area contributed by atoms with Crippen LogP contribution in [-0.4, -0.2) is 0 Å². The van der Waals surface area contributed by atoms with Crippen LogP contribution in [0.1, 0.15) is 0 Å². The number of nitrogens with zero attached hydrogens (tertiary/aromatic N) is 1. The fraction of sp³-hybridized carbons (Fsp3) is 0. The number of fused-ring (bicyclic) bond motifs is 5. The highest BCUT2D eigenvalue weighted by Crippen LogP contribution is 2.45. The second-order valence-corrected chi connectivity index (χ2v) is 14.4. The quantitative estimate of drug-likeness (QED) is 0.169. The van der Waals surface area contributed by atoms with E-state index in [2.05, 4.69) is 205 Å². The number of benzene rings is 9. The number of rotatable bonds is 6. The summed E-state index contributed by atoms with van der Waals surface area (Å²) < 4.78 is 2.59. The smallest absolute Gasteiger partial charge is 0.0640 e. The van der Waals surface area contributed by atoms with Gasteiger partial charge in [-0.1, -0.05) is 152 Å². The SMILES string of the molecule is c1ccc(-c2cc(-c3ccc(N(c4ccc(-c5cccc6ccccc56)cc4)c4cccc5c4sc4ccccc45)cc3)cc3ccccc23)cc1. The maximum absolute atomic E-state index is 2.42. The highest BCUT2D eigenvalue weighted by atomic mass is 32.1. The lowest BCUT2D eigenvalue weighted by atomic mass is 9.93. The predicted molar refractivity (Wildman–Crippen MR) is 225 cm³/mol. The van der Waals surface area contributed by atoms with Crippen molar-refractivity contribution >= 4 is 70.1 Å². The first kappa shape index (κ1) is 30.4. The molecule has 0 bridgehead atoms. The molecule has 9 aromatic carbocycles. The molecule has 0 atom stereocenters. The van der Waals surface area contributed by atoms with Crippen LogP contribution in [0.4, 0.5) is 17.1 Å². The summed E-state index contributed by atoms with van der Waals surface area (Å²) in [6.07, 6.45) is 0. The van der Waals surface area contributed by atoms with Crippen molar-refractivity contribution in [3.8, 4) is 33.4 Å². The summed E-state index contributed by atoms with van der Waals surface area (Å²) in [4.78, 5) is 2.42. The van der Waals surface area contributed by atoms with Crippen molar-refractivity contribution in [1.82, 2.24) is 0 Å². The van der Waals surface area contributed by atoms with Crippen molar-refractivity contribution < 1.29 is 0 Å². The molecular formula is C50H33NS. The lowest BCUT2D eigenvalue weighted by molar-refractivity contribution is 1.30. The molecule has 1 nitrogen and oxygen atoms in total. The Kier molecular flexibility index (Phi) is 7.41. The third kappa shape index (κ3) is 5.24. The molecule has 0 amide bonds. The first-order chi connectivity index (χ1) is 25.8. The Hall–Kier alpha value is -6.48. The van der Waals surface area contributed by atoms with Gasteiger partial charge in [0.2, 0.25) is 0 Å². The van der Waals surface area contributed by atoms with Crippen molar-refractivity contribution in [3.63, 3.8) is 0 Å². The van der Waals surface area contributed by atoms with Gasteiger partial charge in [-0.2, -0.15) is 0 Å². The highest BCUT2D eigenvalue weighted by molar-refractivity contribution is 7.26. The molecule has 0 fully saturated rings. The van der Waals surface area contributed by atoms with Crippen molar-refractivity contribution in [2.45, 2.75) is 0 Å². The molecule has 0 saturated carbocycles. The van der Waals surface area contributed by atoms with Gasteiger partial charge in [0.25, 0.3) is 0 Å². The third-order valence-corrected chi connectivity index (χ3v) is 11.5. The minimum absolute atomic E-state index is 1.12. The minimum atomic E-state index is 1.12. The van der Waals surface area contributed by atoms with Gasteiger partial charge in [0.15, 0.2) is 0 Å². The number of hydrogen-bond donors (Lipinski definition) is 0. The molecule has 2 heteroatoms. The van der Waals surface area contributed by atoms with Gasteiger partial charge in [0.1, 0.15) is 0 Å². The Bertz CT molecular complexity index is 2880. The molecule has 10 aromatic rings. The Morgan fingerprint density at radius 2 is 0.885 bits per heavy atom. The Morgan fingerprint density at radius 3 is 1.65 bits per heavy atom. The first-order valence-electron chi connectivity index (χ1n) is 17.8. The molecular weight excluding hydrogens is 647 g/mol. The first-order valence-corrected chi connectivity index (χ1v) is 18.6. The third-order valence-electron chi connectivity index (χ3n) is 10.3. The van der Waals surface area contributed by atoms with Crippen LogP contribution in [0, 0.1) is 0 Å². The summed E-state index contributed by atoms with van der Waals surface area (Å²) in [6, 6.07) is 72.9. The Labute approximate surface area is 307 Å². The van der Waals surface area contributed by atoms with Crippen molar-refractivity contribution in [3.05, 3.63) is 200 Å². The minimum Gasteiger partial charge on any atom is -0.309 e. The molecule has 0 saturated heterocycles. The zero-order valence-corrected chi connectivity index (χ0v) is 29.2. The summed E-state index contributed by atoms with van der Waals surface area (Å²) in [5.41, 5.74) is 10.8. The van der Waals surface area contributed by atoms with Crippen LogP contribution >= 0.6 is 11.3 Å². The van der Waals surface area contributed by atoms with Gasteiger partial charge in [0.05, 0.1) is 10.4 Å². The van der Waals surface area contributed by atoms with E-state index in [9.17, 15) is 0 Å². The van der Waals surface area contributed by atoms with E-state index in [1.807, 2.05) is 11.3 Å². The molecule has 10 rings (SSSR count). The molecule has 0 radical (unpaired) electrons. The summed E-state index contributed by atoms with van der Waals surface area (Å²) in [6.45, 7) is 0. The topological polar surface area (TPSA) is 3.24 Å². The van der Waals surface area contributed by atoms with E-state index in [-0.39, 0.29) is 0 Å². The Balaban J connectivity index is 1.11. The van der Waals surface area contributed by atoms with Crippen LogP contribution < -0.4 is 4.90 Å². The summed E-state index contributed by atoms with van der Waals surface area (Å²) in [5, 5.41) is 7.62. The summed E-state index contributed by atoms with van der Waals surface area (Å²) in [7, 11) is 0. The zero-order chi connectivity index (χ0) is 34.4. The van der Waals surface area contributed by atoms with E-state index in [1.165, 1.54) is 80.8 Å². The number of thiophene rings is 1. The average Bonchev–Trinajstić information content (AvgIpc) is 3.61. The maximum atomic E-state index is 2.42. The van der Waals surface area contributed by atoms with E-state index in [0.717, 1.165) is 11.4 Å². The lowest BCUT2D eigenvalue weighted by Gasteiger charge is -2.26. The van der Waals surface area contributed by atoms with Crippen LogP contribution in [-0.2, 0) is 0 Å². The van der Waals surface area contributed by atoms with Gasteiger partial charge in [-0.25, -0.2) is 0 Å². The normalized spacial score (nSPS) is 11.5. The number of hydrogen-bond acceptors (Lipinski definition) is 2. The van der Waals surface area contributed by atoms with E-state index >= 15 is 0 Å². The van der Waals surface area contributed by atoms with Crippen LogP contribution in [0.25, 0.3) is 75.1 Å².